The van der Waals surface area contributed by atoms with Gasteiger partial charge < -0.3 is 9.84 Å². The van der Waals surface area contributed by atoms with Crippen LogP contribution in [0.3, 0.4) is 0 Å². The summed E-state index contributed by atoms with van der Waals surface area (Å²) in [6.07, 6.45) is 12.1. The van der Waals surface area contributed by atoms with Crippen LogP contribution in [0.1, 0.15) is 111 Å². The number of ketones is 1. The summed E-state index contributed by atoms with van der Waals surface area (Å²) in [6.45, 7) is 14.6. The molecule has 0 spiro atoms. The van der Waals surface area contributed by atoms with Gasteiger partial charge in [0, 0.05) is 6.42 Å². The first-order valence-corrected chi connectivity index (χ1v) is 16.3. The number of hydrogen-bond acceptors (Lipinski definition) is 4. The number of carbonyl (C=O) groups is 2. The lowest BCUT2D eigenvalue weighted by Gasteiger charge is -2.70. The number of hydrogen-bond donors (Lipinski definition) is 1. The monoisotopic (exact) mass is 560 g/mol. The van der Waals surface area contributed by atoms with E-state index < -0.39 is 10.8 Å². The molecular weight excluding hydrogens is 508 g/mol. The number of aliphatic hydroxyl groups excluding tert-OH is 1. The predicted octanol–water partition coefficient (Wildman–Crippen LogP) is 8.07. The van der Waals surface area contributed by atoms with Crippen LogP contribution in [0, 0.1) is 50.2 Å². The van der Waals surface area contributed by atoms with Crippen molar-refractivity contribution in [3.8, 4) is 0 Å². The molecule has 0 aromatic heterocycles. The first kappa shape index (κ1) is 29.1. The highest BCUT2D eigenvalue weighted by Crippen LogP contribution is 2.75. The molecule has 4 nitrogen and oxygen atoms in total. The molecule has 224 valence electrons. The molecular formula is C37H52O4. The van der Waals surface area contributed by atoms with Gasteiger partial charge in [-0.15, -0.1) is 0 Å². The molecule has 0 bridgehead atoms. The van der Waals surface area contributed by atoms with Gasteiger partial charge in [0.05, 0.1) is 17.4 Å². The second-order valence-electron chi connectivity index (χ2n) is 16.4. The van der Waals surface area contributed by atoms with Crippen molar-refractivity contribution in [1.82, 2.24) is 0 Å². The van der Waals surface area contributed by atoms with E-state index in [9.17, 15) is 14.7 Å². The topological polar surface area (TPSA) is 63.6 Å². The average Bonchev–Trinajstić information content (AvgIpc) is 2.94. The fourth-order valence-electron chi connectivity index (χ4n) is 11.3. The highest BCUT2D eigenvalue weighted by Gasteiger charge is 2.69. The summed E-state index contributed by atoms with van der Waals surface area (Å²) in [5, 5.41) is 10.5. The van der Waals surface area contributed by atoms with E-state index in [4.69, 9.17) is 4.74 Å². The molecule has 1 aromatic carbocycles. The summed E-state index contributed by atoms with van der Waals surface area (Å²) in [4.78, 5) is 27.3. The van der Waals surface area contributed by atoms with Gasteiger partial charge in [-0.05, 0) is 103 Å². The maximum Gasteiger partial charge on any atom is 0.313 e. The van der Waals surface area contributed by atoms with Gasteiger partial charge in [0.15, 0.2) is 0 Å². The minimum absolute atomic E-state index is 0.0113. The van der Waals surface area contributed by atoms with Crippen LogP contribution in [0.2, 0.25) is 0 Å². The molecule has 4 fully saturated rings. The van der Waals surface area contributed by atoms with E-state index in [2.05, 4.69) is 40.7 Å². The van der Waals surface area contributed by atoms with Gasteiger partial charge in [-0.2, -0.15) is 0 Å². The Labute approximate surface area is 247 Å². The normalized spacial score (nSPS) is 44.9. The number of ether oxygens (including phenoxy) is 1. The summed E-state index contributed by atoms with van der Waals surface area (Å²) < 4.78 is 6.15. The van der Waals surface area contributed by atoms with E-state index in [1.165, 1.54) is 5.57 Å². The molecule has 5 aliphatic carbocycles. The molecule has 0 aliphatic heterocycles. The zero-order chi connectivity index (χ0) is 29.5. The SMILES string of the molecule is CC1(C)CC[C@]2(C(=O)OCc3ccccc3)CC[C@]3(C)C(=CC[C@@H]4[C@@]5(C)CCC(=O)[C@@](C)(CO)[C@@H]5CC[C@]43C)[C@@H]2C1. The Morgan fingerprint density at radius 1 is 0.927 bits per heavy atom. The third-order valence-electron chi connectivity index (χ3n) is 14.1. The van der Waals surface area contributed by atoms with E-state index in [0.717, 1.165) is 63.4 Å². The fraction of sp³-hybridized carbons (Fsp3) is 0.730. The van der Waals surface area contributed by atoms with Crippen molar-refractivity contribution in [3.63, 3.8) is 0 Å². The van der Waals surface area contributed by atoms with Crippen molar-refractivity contribution in [2.75, 3.05) is 6.61 Å². The second kappa shape index (κ2) is 9.53. The molecule has 4 heteroatoms. The first-order chi connectivity index (χ1) is 19.3. The van der Waals surface area contributed by atoms with Crippen molar-refractivity contribution >= 4 is 11.8 Å². The Morgan fingerprint density at radius 3 is 2.34 bits per heavy atom. The van der Waals surface area contributed by atoms with Crippen LogP contribution < -0.4 is 0 Å². The molecule has 0 amide bonds. The van der Waals surface area contributed by atoms with E-state index in [1.54, 1.807) is 0 Å². The van der Waals surface area contributed by atoms with Gasteiger partial charge in [0.1, 0.15) is 12.4 Å². The van der Waals surface area contributed by atoms with Gasteiger partial charge in [0.2, 0.25) is 0 Å². The lowest BCUT2D eigenvalue weighted by Crippen LogP contribution is -2.65. The number of rotatable bonds is 4. The molecule has 0 heterocycles. The summed E-state index contributed by atoms with van der Waals surface area (Å²) in [5.41, 5.74) is 1.85. The van der Waals surface area contributed by atoms with Crippen LogP contribution in [0.4, 0.5) is 0 Å². The number of carbonyl (C=O) groups excluding carboxylic acids is 2. The standard InChI is InChI=1S/C37H52O4/c1-32(2)18-20-37(31(40)41-23-25-10-8-7-9-11-25)21-19-35(5)26(27(37)22-32)12-13-29-33(3)16-15-30(39)34(4,24-38)28(33)14-17-36(29,35)6/h7-12,27-29,38H,13-24H2,1-6H3/t27-,28+,29+,33-,34-,35+,36+,37-/m0/s1. The van der Waals surface area contributed by atoms with E-state index in [0.29, 0.717) is 18.9 Å². The maximum atomic E-state index is 14.1. The minimum Gasteiger partial charge on any atom is -0.460 e. The molecule has 0 radical (unpaired) electrons. The minimum atomic E-state index is -0.628. The van der Waals surface area contributed by atoms with Crippen LogP contribution in [0.25, 0.3) is 0 Å². The zero-order valence-corrected chi connectivity index (χ0v) is 26.4. The van der Waals surface area contributed by atoms with Gasteiger partial charge in [0.25, 0.3) is 0 Å². The predicted molar refractivity (Wildman–Crippen MR) is 162 cm³/mol. The third kappa shape index (κ3) is 4.01. The number of fused-ring (bicyclic) bond motifs is 7. The van der Waals surface area contributed by atoms with Gasteiger partial charge in [-0.3, -0.25) is 9.59 Å². The highest BCUT2D eigenvalue weighted by atomic mass is 16.5. The largest absolute Gasteiger partial charge is 0.460 e. The van der Waals surface area contributed by atoms with E-state index in [1.807, 2.05) is 37.3 Å². The molecule has 0 unspecified atom stereocenters. The molecule has 4 saturated carbocycles. The van der Waals surface area contributed by atoms with Crippen LogP contribution in [0.5, 0.6) is 0 Å². The van der Waals surface area contributed by atoms with Crippen molar-refractivity contribution in [3.05, 3.63) is 47.5 Å². The van der Waals surface area contributed by atoms with Crippen molar-refractivity contribution < 1.29 is 19.4 Å². The fourth-order valence-corrected chi connectivity index (χ4v) is 11.3. The Hall–Kier alpha value is -1.94. The van der Waals surface area contributed by atoms with Crippen LogP contribution in [-0.2, 0) is 20.9 Å². The number of allylic oxidation sites excluding steroid dienone is 2. The number of benzene rings is 1. The van der Waals surface area contributed by atoms with Gasteiger partial charge in [-0.1, -0.05) is 83.5 Å². The quantitative estimate of drug-likeness (QED) is 0.299. The average molecular weight is 561 g/mol. The van der Waals surface area contributed by atoms with Crippen molar-refractivity contribution in [2.45, 2.75) is 112 Å². The van der Waals surface area contributed by atoms with Crippen LogP contribution >= 0.6 is 0 Å². The molecule has 1 N–H and O–H groups in total. The highest BCUT2D eigenvalue weighted by molar-refractivity contribution is 5.86. The lowest BCUT2D eigenvalue weighted by atomic mass is 9.33. The molecule has 41 heavy (non-hydrogen) atoms. The first-order valence-electron chi connectivity index (χ1n) is 16.3. The summed E-state index contributed by atoms with van der Waals surface area (Å²) in [6, 6.07) is 10.1. The Morgan fingerprint density at radius 2 is 1.63 bits per heavy atom. The summed E-state index contributed by atoms with van der Waals surface area (Å²) in [7, 11) is 0. The summed E-state index contributed by atoms with van der Waals surface area (Å²) in [5.74, 6) is 1.17. The van der Waals surface area contributed by atoms with Gasteiger partial charge in [-0.25, -0.2) is 0 Å². The molecule has 6 rings (SSSR count). The number of Topliss-reactive ketones (excluding diaryl/α,β-unsaturated/α-hetero) is 1. The van der Waals surface area contributed by atoms with Gasteiger partial charge >= 0.3 is 5.97 Å². The van der Waals surface area contributed by atoms with Crippen LogP contribution in [-0.4, -0.2) is 23.5 Å². The second-order valence-corrected chi connectivity index (χ2v) is 16.4. The number of esters is 1. The zero-order valence-electron chi connectivity index (χ0n) is 26.4. The maximum absolute atomic E-state index is 14.1. The van der Waals surface area contributed by atoms with Crippen LogP contribution in [0.15, 0.2) is 42.0 Å². The van der Waals surface area contributed by atoms with Crippen molar-refractivity contribution in [2.24, 2.45) is 50.2 Å². The molecule has 5 aliphatic rings. The molecule has 8 atom stereocenters. The molecule has 0 saturated heterocycles. The third-order valence-corrected chi connectivity index (χ3v) is 14.1. The van der Waals surface area contributed by atoms with Crippen molar-refractivity contribution in [1.29, 1.82) is 0 Å². The number of aliphatic hydroxyl groups is 1. The Kier molecular flexibility index (Phi) is 6.77. The smallest absolute Gasteiger partial charge is 0.313 e. The molecule has 1 aromatic rings. The lowest BCUT2D eigenvalue weighted by molar-refractivity contribution is -0.196. The van der Waals surface area contributed by atoms with E-state index in [-0.39, 0.29) is 51.9 Å². The van der Waals surface area contributed by atoms with E-state index >= 15 is 0 Å². The summed E-state index contributed by atoms with van der Waals surface area (Å²) >= 11 is 0. The Balaban J connectivity index is 1.37. The Bertz CT molecular complexity index is 1250.